The van der Waals surface area contributed by atoms with E-state index in [9.17, 15) is 4.79 Å². The minimum absolute atomic E-state index is 0.136. The van der Waals surface area contributed by atoms with E-state index in [1.54, 1.807) is 0 Å². The first kappa shape index (κ1) is 20.2. The van der Waals surface area contributed by atoms with E-state index in [1.165, 1.54) is 0 Å². The molecule has 0 aliphatic rings. The topological polar surface area (TPSA) is 62.4 Å². The van der Waals surface area contributed by atoms with Gasteiger partial charge < -0.3 is 20.7 Å². The van der Waals surface area contributed by atoms with Gasteiger partial charge in [0.2, 0.25) is 0 Å². The van der Waals surface area contributed by atoms with Crippen LogP contribution in [0.1, 0.15) is 61.3 Å². The lowest BCUT2D eigenvalue weighted by Crippen LogP contribution is -2.46. The fraction of sp³-hybridized carbons (Fsp3) is 0.938. The number of carbonyl (C=O) groups is 1. The highest BCUT2D eigenvalue weighted by Crippen LogP contribution is 2.06. The molecule has 0 aromatic heterocycles. The minimum atomic E-state index is -0.450. The molecule has 0 aliphatic carbocycles. The van der Waals surface area contributed by atoms with Crippen LogP contribution in [0.5, 0.6) is 0 Å². The molecule has 0 bridgehead atoms. The fourth-order valence-corrected chi connectivity index (χ4v) is 1.86. The van der Waals surface area contributed by atoms with Gasteiger partial charge in [-0.1, -0.05) is 13.3 Å². The van der Waals surface area contributed by atoms with E-state index in [1.807, 2.05) is 20.8 Å². The molecule has 0 fully saturated rings. The fourth-order valence-electron chi connectivity index (χ4n) is 1.86. The molecule has 0 rings (SSSR count). The number of hydrogen-bond donors (Lipinski definition) is 3. The standard InChI is InChI=1S/C16H35N3O2/c1-8-9-13(17-10-11-19-15(2,3)4)12-18-14(20)21-16(5,6)7/h13,17,19H,8-12H2,1-7H3,(H,18,20). The highest BCUT2D eigenvalue weighted by Gasteiger charge is 2.17. The Morgan fingerprint density at radius 3 is 2.19 bits per heavy atom. The normalized spacial score (nSPS) is 13.9. The number of amides is 1. The quantitative estimate of drug-likeness (QED) is 0.603. The second-order valence-electron chi connectivity index (χ2n) is 7.50. The average Bonchev–Trinajstić information content (AvgIpc) is 2.27. The molecule has 126 valence electrons. The first-order chi connectivity index (χ1) is 9.53. The highest BCUT2D eigenvalue weighted by molar-refractivity contribution is 5.67. The van der Waals surface area contributed by atoms with Crippen molar-refractivity contribution in [3.63, 3.8) is 0 Å². The van der Waals surface area contributed by atoms with Gasteiger partial charge in [-0.15, -0.1) is 0 Å². The number of nitrogens with one attached hydrogen (secondary N) is 3. The summed E-state index contributed by atoms with van der Waals surface area (Å²) in [6, 6.07) is 0.282. The molecule has 0 spiro atoms. The summed E-state index contributed by atoms with van der Waals surface area (Å²) in [7, 11) is 0. The summed E-state index contributed by atoms with van der Waals surface area (Å²) in [5.74, 6) is 0. The summed E-state index contributed by atoms with van der Waals surface area (Å²) in [6.45, 7) is 16.6. The van der Waals surface area contributed by atoms with Crippen LogP contribution >= 0.6 is 0 Å². The van der Waals surface area contributed by atoms with Gasteiger partial charge >= 0.3 is 6.09 Å². The van der Waals surface area contributed by atoms with Crippen LogP contribution in [0.4, 0.5) is 4.79 Å². The Morgan fingerprint density at radius 1 is 1.10 bits per heavy atom. The predicted molar refractivity (Wildman–Crippen MR) is 88.7 cm³/mol. The molecule has 3 N–H and O–H groups in total. The molecule has 1 amide bonds. The summed E-state index contributed by atoms with van der Waals surface area (Å²) in [5, 5.41) is 9.76. The molecule has 0 radical (unpaired) electrons. The second kappa shape index (κ2) is 9.26. The number of hydrogen-bond acceptors (Lipinski definition) is 4. The Balaban J connectivity index is 3.99. The number of ether oxygens (including phenoxy) is 1. The molecule has 5 nitrogen and oxygen atoms in total. The Bertz CT molecular complexity index is 293. The van der Waals surface area contributed by atoms with Crippen molar-refractivity contribution in [3.05, 3.63) is 0 Å². The molecule has 0 aliphatic heterocycles. The Hall–Kier alpha value is -0.810. The summed E-state index contributed by atoms with van der Waals surface area (Å²) in [6.07, 6.45) is 1.77. The maximum atomic E-state index is 11.7. The van der Waals surface area contributed by atoms with Crippen LogP contribution in [-0.4, -0.2) is 42.9 Å². The maximum Gasteiger partial charge on any atom is 0.407 e. The third-order valence-electron chi connectivity index (χ3n) is 2.74. The van der Waals surface area contributed by atoms with Crippen LogP contribution in [0.3, 0.4) is 0 Å². The number of carbonyl (C=O) groups excluding carboxylic acids is 1. The molecule has 1 unspecified atom stereocenters. The maximum absolute atomic E-state index is 11.7. The molecule has 1 atom stereocenters. The van der Waals surface area contributed by atoms with Crippen molar-refractivity contribution < 1.29 is 9.53 Å². The lowest BCUT2D eigenvalue weighted by Gasteiger charge is -2.24. The van der Waals surface area contributed by atoms with Gasteiger partial charge in [-0.25, -0.2) is 4.79 Å². The van der Waals surface area contributed by atoms with Crippen LogP contribution in [0.25, 0.3) is 0 Å². The zero-order valence-corrected chi connectivity index (χ0v) is 14.9. The smallest absolute Gasteiger partial charge is 0.407 e. The summed E-state index contributed by atoms with van der Waals surface area (Å²) >= 11 is 0. The van der Waals surface area contributed by atoms with Gasteiger partial charge in [-0.3, -0.25) is 0 Å². The lowest BCUT2D eigenvalue weighted by molar-refractivity contribution is 0.0522. The molecule has 5 heteroatoms. The minimum Gasteiger partial charge on any atom is -0.444 e. The van der Waals surface area contributed by atoms with E-state index >= 15 is 0 Å². The van der Waals surface area contributed by atoms with Gasteiger partial charge in [0, 0.05) is 31.2 Å². The molecular weight excluding hydrogens is 266 g/mol. The summed E-state index contributed by atoms with van der Waals surface area (Å²) < 4.78 is 5.25. The molecule has 0 saturated carbocycles. The van der Waals surface area contributed by atoms with Crippen LogP contribution < -0.4 is 16.0 Å². The van der Waals surface area contributed by atoms with E-state index in [0.717, 1.165) is 25.9 Å². The van der Waals surface area contributed by atoms with E-state index in [-0.39, 0.29) is 17.7 Å². The zero-order chi connectivity index (χ0) is 16.5. The van der Waals surface area contributed by atoms with Gasteiger partial charge in [0.15, 0.2) is 0 Å². The van der Waals surface area contributed by atoms with Crippen molar-refractivity contribution in [3.8, 4) is 0 Å². The number of rotatable bonds is 8. The van der Waals surface area contributed by atoms with E-state index < -0.39 is 5.60 Å². The van der Waals surface area contributed by atoms with Gasteiger partial charge in [0.25, 0.3) is 0 Å². The molecule has 21 heavy (non-hydrogen) atoms. The zero-order valence-electron chi connectivity index (χ0n) is 14.9. The average molecular weight is 301 g/mol. The lowest BCUT2D eigenvalue weighted by atomic mass is 10.1. The van der Waals surface area contributed by atoms with E-state index in [4.69, 9.17) is 4.74 Å². The van der Waals surface area contributed by atoms with Crippen molar-refractivity contribution in [2.45, 2.75) is 78.5 Å². The van der Waals surface area contributed by atoms with Crippen LogP contribution in [0.15, 0.2) is 0 Å². The Labute approximate surface area is 130 Å². The monoisotopic (exact) mass is 301 g/mol. The number of alkyl carbamates (subject to hydrolysis) is 1. The van der Waals surface area contributed by atoms with Gasteiger partial charge in [-0.2, -0.15) is 0 Å². The molecular formula is C16H35N3O2. The third kappa shape index (κ3) is 13.9. The second-order valence-corrected chi connectivity index (χ2v) is 7.50. The molecule has 0 aromatic rings. The molecule has 0 aromatic carbocycles. The Kier molecular flexibility index (Phi) is 8.90. The van der Waals surface area contributed by atoms with Crippen molar-refractivity contribution in [2.24, 2.45) is 0 Å². The van der Waals surface area contributed by atoms with Gasteiger partial charge in [-0.05, 0) is 48.0 Å². The van der Waals surface area contributed by atoms with Crippen LogP contribution in [0, 0.1) is 0 Å². The van der Waals surface area contributed by atoms with Gasteiger partial charge in [0.1, 0.15) is 5.60 Å². The third-order valence-corrected chi connectivity index (χ3v) is 2.74. The Morgan fingerprint density at radius 2 is 1.71 bits per heavy atom. The molecule has 0 saturated heterocycles. The predicted octanol–water partition coefficient (Wildman–Crippen LogP) is 2.66. The first-order valence-corrected chi connectivity index (χ1v) is 7.99. The SMILES string of the molecule is CCCC(CNC(=O)OC(C)(C)C)NCCNC(C)(C)C. The highest BCUT2D eigenvalue weighted by atomic mass is 16.6. The van der Waals surface area contributed by atoms with E-state index in [0.29, 0.717) is 6.54 Å². The van der Waals surface area contributed by atoms with Crippen molar-refractivity contribution in [2.75, 3.05) is 19.6 Å². The largest absolute Gasteiger partial charge is 0.444 e. The van der Waals surface area contributed by atoms with Crippen molar-refractivity contribution >= 4 is 6.09 Å². The summed E-state index contributed by atoms with van der Waals surface area (Å²) in [5.41, 5.74) is -0.314. The van der Waals surface area contributed by atoms with Gasteiger partial charge in [0.05, 0.1) is 0 Å². The van der Waals surface area contributed by atoms with E-state index in [2.05, 4.69) is 43.6 Å². The van der Waals surface area contributed by atoms with Crippen molar-refractivity contribution in [1.29, 1.82) is 0 Å². The first-order valence-electron chi connectivity index (χ1n) is 7.99. The van der Waals surface area contributed by atoms with Crippen molar-refractivity contribution in [1.82, 2.24) is 16.0 Å². The van der Waals surface area contributed by atoms with Crippen LogP contribution in [-0.2, 0) is 4.74 Å². The molecule has 0 heterocycles. The van der Waals surface area contributed by atoms with Crippen LogP contribution in [0.2, 0.25) is 0 Å². The summed E-state index contributed by atoms with van der Waals surface area (Å²) in [4.78, 5) is 11.7.